The van der Waals surface area contributed by atoms with Crippen molar-refractivity contribution in [3.63, 3.8) is 0 Å². The maximum absolute atomic E-state index is 11.9. The van der Waals surface area contributed by atoms with Gasteiger partial charge in [0.1, 0.15) is 5.60 Å². The van der Waals surface area contributed by atoms with E-state index in [2.05, 4.69) is 12.2 Å². The fourth-order valence-electron chi connectivity index (χ4n) is 2.94. The van der Waals surface area contributed by atoms with E-state index in [0.29, 0.717) is 37.9 Å². The number of nitrogens with zero attached hydrogens (tertiary/aromatic N) is 1. The topological polar surface area (TPSA) is 69.6 Å². The predicted octanol–water partition coefficient (Wildman–Crippen LogP) is 0.132. The molecule has 0 spiro atoms. The fraction of sp³-hybridized carbons (Fsp3) is 0.857. The van der Waals surface area contributed by atoms with Crippen molar-refractivity contribution in [2.75, 3.05) is 19.6 Å². The molecule has 3 fully saturated rings. The Bertz CT molecular complexity index is 399. The van der Waals surface area contributed by atoms with E-state index in [1.165, 1.54) is 0 Å². The second kappa shape index (κ2) is 4.47. The number of carbonyl (C=O) groups excluding carboxylic acids is 2. The van der Waals surface area contributed by atoms with Crippen LogP contribution in [0.5, 0.6) is 0 Å². The summed E-state index contributed by atoms with van der Waals surface area (Å²) in [5.41, 5.74) is -0.609. The predicted molar refractivity (Wildman–Crippen MR) is 69.2 cm³/mol. The highest BCUT2D eigenvalue weighted by atomic mass is 16.3. The molecule has 1 saturated heterocycles. The minimum atomic E-state index is -0.609. The first kappa shape index (κ1) is 12.9. The van der Waals surface area contributed by atoms with E-state index in [-0.39, 0.29) is 17.7 Å². The van der Waals surface area contributed by atoms with E-state index in [9.17, 15) is 14.7 Å². The van der Waals surface area contributed by atoms with E-state index in [4.69, 9.17) is 0 Å². The number of aliphatic hydroxyl groups is 1. The lowest BCUT2D eigenvalue weighted by atomic mass is 9.88. The van der Waals surface area contributed by atoms with Crippen molar-refractivity contribution < 1.29 is 14.7 Å². The highest BCUT2D eigenvalue weighted by Crippen LogP contribution is 2.44. The number of likely N-dealkylation sites (tertiary alicyclic amines) is 1. The fourth-order valence-corrected chi connectivity index (χ4v) is 2.94. The van der Waals surface area contributed by atoms with Crippen LogP contribution in [-0.2, 0) is 9.59 Å². The summed E-state index contributed by atoms with van der Waals surface area (Å²) in [4.78, 5) is 25.1. The average Bonchev–Trinajstić information content (AvgIpc) is 3.18. The number of carbonyl (C=O) groups is 2. The number of nitrogens with one attached hydrogen (secondary N) is 1. The second-order valence-corrected chi connectivity index (χ2v) is 6.49. The first-order valence-electron chi connectivity index (χ1n) is 7.27. The zero-order valence-corrected chi connectivity index (χ0v) is 11.4. The molecule has 0 bridgehead atoms. The van der Waals surface area contributed by atoms with Crippen molar-refractivity contribution >= 4 is 11.8 Å². The van der Waals surface area contributed by atoms with Gasteiger partial charge >= 0.3 is 0 Å². The molecule has 2 unspecified atom stereocenters. The van der Waals surface area contributed by atoms with E-state index in [0.717, 1.165) is 19.3 Å². The number of β-amino-alcohol motifs (C(OH)–C–C–N with tert-alkyl or cyclic N) is 1. The molecule has 106 valence electrons. The van der Waals surface area contributed by atoms with Gasteiger partial charge in [-0.15, -0.1) is 0 Å². The molecule has 2 amide bonds. The zero-order chi connectivity index (χ0) is 13.6. The Balaban J connectivity index is 1.33. The normalized spacial score (nSPS) is 31.6. The lowest BCUT2D eigenvalue weighted by molar-refractivity contribution is -0.159. The van der Waals surface area contributed by atoms with Gasteiger partial charge in [-0.05, 0) is 31.1 Å². The molecule has 0 radical (unpaired) electrons. The number of hydrogen-bond donors (Lipinski definition) is 2. The Hall–Kier alpha value is -1.10. The minimum absolute atomic E-state index is 0.0365. The Morgan fingerprint density at radius 2 is 2.00 bits per heavy atom. The number of rotatable bonds is 5. The summed E-state index contributed by atoms with van der Waals surface area (Å²) in [5, 5.41) is 12.9. The van der Waals surface area contributed by atoms with Crippen LogP contribution in [-0.4, -0.2) is 47.1 Å². The molecule has 5 heteroatoms. The van der Waals surface area contributed by atoms with Crippen molar-refractivity contribution in [3.8, 4) is 0 Å². The second-order valence-electron chi connectivity index (χ2n) is 6.49. The standard InChI is InChI=1S/C14H22N2O3/c1-9-6-11(9)13(18)15-5-4-12(17)16-7-14(19,8-16)10-2-3-10/h9-11,19H,2-8H2,1H3,(H,15,18). The van der Waals surface area contributed by atoms with Crippen molar-refractivity contribution in [1.29, 1.82) is 0 Å². The molecule has 0 aromatic heterocycles. The molecule has 5 nitrogen and oxygen atoms in total. The molecule has 2 atom stereocenters. The number of hydrogen-bond acceptors (Lipinski definition) is 3. The lowest BCUT2D eigenvalue weighted by Gasteiger charge is -2.47. The van der Waals surface area contributed by atoms with E-state index < -0.39 is 5.60 Å². The summed E-state index contributed by atoms with van der Waals surface area (Å²) in [5.74, 6) is 1.19. The van der Waals surface area contributed by atoms with E-state index in [1.807, 2.05) is 0 Å². The quantitative estimate of drug-likeness (QED) is 0.743. The zero-order valence-electron chi connectivity index (χ0n) is 11.4. The van der Waals surface area contributed by atoms with Crippen LogP contribution in [0, 0.1) is 17.8 Å². The van der Waals surface area contributed by atoms with Gasteiger partial charge in [0, 0.05) is 18.9 Å². The summed E-state index contributed by atoms with van der Waals surface area (Å²) in [6.45, 7) is 3.43. The summed E-state index contributed by atoms with van der Waals surface area (Å²) in [6, 6.07) is 0. The maximum atomic E-state index is 11.9. The van der Waals surface area contributed by atoms with Gasteiger partial charge in [0.25, 0.3) is 0 Å². The van der Waals surface area contributed by atoms with Gasteiger partial charge in [0.05, 0.1) is 13.1 Å². The molecule has 1 aliphatic heterocycles. The summed E-state index contributed by atoms with van der Waals surface area (Å²) in [6.07, 6.45) is 3.50. The van der Waals surface area contributed by atoms with Gasteiger partial charge in [0.15, 0.2) is 0 Å². The minimum Gasteiger partial charge on any atom is -0.386 e. The van der Waals surface area contributed by atoms with Crippen molar-refractivity contribution in [2.45, 2.75) is 38.2 Å². The largest absolute Gasteiger partial charge is 0.386 e. The molecule has 2 N–H and O–H groups in total. The first-order valence-corrected chi connectivity index (χ1v) is 7.27. The third kappa shape index (κ3) is 2.61. The average molecular weight is 266 g/mol. The van der Waals surface area contributed by atoms with E-state index in [1.54, 1.807) is 4.90 Å². The van der Waals surface area contributed by atoms with Crippen LogP contribution >= 0.6 is 0 Å². The molecule has 2 aliphatic carbocycles. The van der Waals surface area contributed by atoms with Crippen LogP contribution in [0.15, 0.2) is 0 Å². The summed E-state index contributed by atoms with van der Waals surface area (Å²) in [7, 11) is 0. The van der Waals surface area contributed by atoms with Crippen LogP contribution in [0.3, 0.4) is 0 Å². The van der Waals surface area contributed by atoms with Crippen LogP contribution in [0.25, 0.3) is 0 Å². The summed E-state index contributed by atoms with van der Waals surface area (Å²) < 4.78 is 0. The van der Waals surface area contributed by atoms with Gasteiger partial charge < -0.3 is 15.3 Å². The van der Waals surface area contributed by atoms with Crippen LogP contribution < -0.4 is 5.32 Å². The first-order chi connectivity index (χ1) is 8.99. The van der Waals surface area contributed by atoms with Gasteiger partial charge in [-0.25, -0.2) is 0 Å². The van der Waals surface area contributed by atoms with Gasteiger partial charge in [-0.3, -0.25) is 9.59 Å². The Kier molecular flexibility index (Phi) is 3.04. The lowest BCUT2D eigenvalue weighted by Crippen LogP contribution is -2.64. The van der Waals surface area contributed by atoms with Gasteiger partial charge in [0.2, 0.25) is 11.8 Å². The molecule has 0 aromatic carbocycles. The SMILES string of the molecule is CC1CC1C(=O)NCCC(=O)N1CC(O)(C2CC2)C1. The molecule has 0 aromatic rings. The smallest absolute Gasteiger partial charge is 0.224 e. The molecular weight excluding hydrogens is 244 g/mol. The molecule has 19 heavy (non-hydrogen) atoms. The molecular formula is C14H22N2O3. The maximum Gasteiger partial charge on any atom is 0.224 e. The number of amides is 2. The van der Waals surface area contributed by atoms with E-state index >= 15 is 0 Å². The van der Waals surface area contributed by atoms with Gasteiger partial charge in [-0.2, -0.15) is 0 Å². The third-order valence-electron chi connectivity index (χ3n) is 4.70. The Morgan fingerprint density at radius 3 is 2.53 bits per heavy atom. The monoisotopic (exact) mass is 266 g/mol. The molecule has 2 saturated carbocycles. The molecule has 3 rings (SSSR count). The molecule has 3 aliphatic rings. The van der Waals surface area contributed by atoms with Gasteiger partial charge in [-0.1, -0.05) is 6.92 Å². The molecule has 1 heterocycles. The van der Waals surface area contributed by atoms with Crippen LogP contribution in [0.4, 0.5) is 0 Å². The van der Waals surface area contributed by atoms with Crippen molar-refractivity contribution in [1.82, 2.24) is 10.2 Å². The Morgan fingerprint density at radius 1 is 1.37 bits per heavy atom. The third-order valence-corrected chi connectivity index (χ3v) is 4.70. The highest BCUT2D eigenvalue weighted by molar-refractivity contribution is 5.82. The van der Waals surface area contributed by atoms with Crippen molar-refractivity contribution in [2.24, 2.45) is 17.8 Å². The highest BCUT2D eigenvalue weighted by Gasteiger charge is 2.53. The van der Waals surface area contributed by atoms with Crippen LogP contribution in [0.1, 0.15) is 32.6 Å². The van der Waals surface area contributed by atoms with Crippen molar-refractivity contribution in [3.05, 3.63) is 0 Å². The summed E-state index contributed by atoms with van der Waals surface area (Å²) >= 11 is 0. The Labute approximate surface area is 113 Å². The van der Waals surface area contributed by atoms with Crippen LogP contribution in [0.2, 0.25) is 0 Å².